The normalized spacial score (nSPS) is 22.2. The quantitative estimate of drug-likeness (QED) is 0.646. The summed E-state index contributed by atoms with van der Waals surface area (Å²) in [5.41, 5.74) is 4.93. The van der Waals surface area contributed by atoms with Crippen molar-refractivity contribution >= 4 is 23.2 Å². The number of aliphatic imine (C=N–C) groups is 1. The Balaban J connectivity index is 1.98. The van der Waals surface area contributed by atoms with Crippen molar-refractivity contribution in [1.82, 2.24) is 15.8 Å². The first-order valence-corrected chi connectivity index (χ1v) is 5.97. The number of nitrogens with zero attached hydrogens (tertiary/aromatic N) is 2. The van der Waals surface area contributed by atoms with Crippen LogP contribution >= 0.6 is 12.2 Å². The molecule has 1 aromatic carbocycles. The number of thiocarbonyl (C=S) groups is 1. The van der Waals surface area contributed by atoms with Crippen LogP contribution in [0.1, 0.15) is 11.1 Å². The van der Waals surface area contributed by atoms with E-state index in [1.165, 1.54) is 5.56 Å². The minimum absolute atomic E-state index is 0.475. The summed E-state index contributed by atoms with van der Waals surface area (Å²) in [5, 5.41) is 14.6. The van der Waals surface area contributed by atoms with Crippen LogP contribution in [0, 0.1) is 6.92 Å². The Morgan fingerprint density at radius 1 is 1.33 bits per heavy atom. The van der Waals surface area contributed by atoms with Crippen LogP contribution in [-0.4, -0.2) is 27.3 Å². The number of aliphatic hydroxyl groups is 1. The molecule has 0 aromatic heterocycles. The first-order chi connectivity index (χ1) is 8.63. The van der Waals surface area contributed by atoms with Gasteiger partial charge >= 0.3 is 0 Å². The van der Waals surface area contributed by atoms with Crippen LogP contribution in [0.4, 0.5) is 0 Å². The highest BCUT2D eigenvalue weighted by molar-refractivity contribution is 7.80. The van der Waals surface area contributed by atoms with Gasteiger partial charge in [-0.2, -0.15) is 5.43 Å². The van der Waals surface area contributed by atoms with Crippen LogP contribution in [0.3, 0.4) is 0 Å². The molecule has 0 saturated heterocycles. The van der Waals surface area contributed by atoms with Gasteiger partial charge in [-0.25, -0.2) is 10.0 Å². The van der Waals surface area contributed by atoms with Crippen molar-refractivity contribution in [1.29, 1.82) is 0 Å². The SMILES string of the molecule is Cc1ccc(C2=NC3=CC(O)NN3C(=S)N2)cc1. The second-order valence-corrected chi connectivity index (χ2v) is 4.58. The minimum Gasteiger partial charge on any atom is -0.373 e. The number of nitrogens with one attached hydrogen (secondary N) is 2. The summed E-state index contributed by atoms with van der Waals surface area (Å²) >= 11 is 5.22. The predicted molar refractivity (Wildman–Crippen MR) is 72.5 cm³/mol. The zero-order chi connectivity index (χ0) is 12.7. The average Bonchev–Trinajstić information content (AvgIpc) is 2.71. The second kappa shape index (κ2) is 4.16. The van der Waals surface area contributed by atoms with Crippen LogP contribution in [0.25, 0.3) is 0 Å². The van der Waals surface area contributed by atoms with Crippen LogP contribution in [0.5, 0.6) is 0 Å². The zero-order valence-electron chi connectivity index (χ0n) is 9.71. The molecule has 0 bridgehead atoms. The van der Waals surface area contributed by atoms with Gasteiger partial charge in [0.15, 0.2) is 10.9 Å². The molecule has 0 saturated carbocycles. The average molecular weight is 260 g/mol. The van der Waals surface area contributed by atoms with Gasteiger partial charge in [0.2, 0.25) is 0 Å². The minimum atomic E-state index is -0.749. The van der Waals surface area contributed by atoms with Gasteiger partial charge in [0.1, 0.15) is 12.1 Å². The molecule has 0 amide bonds. The monoisotopic (exact) mass is 260 g/mol. The molecule has 18 heavy (non-hydrogen) atoms. The van der Waals surface area contributed by atoms with Crippen molar-refractivity contribution < 1.29 is 5.11 Å². The summed E-state index contributed by atoms with van der Waals surface area (Å²) in [7, 11) is 0. The lowest BCUT2D eigenvalue weighted by Gasteiger charge is -2.27. The fraction of sp³-hybridized carbons (Fsp3) is 0.167. The molecule has 0 radical (unpaired) electrons. The summed E-state index contributed by atoms with van der Waals surface area (Å²) in [4.78, 5) is 4.43. The molecule has 0 spiro atoms. The number of benzene rings is 1. The molecule has 2 aliphatic heterocycles. The molecule has 2 aliphatic rings. The molecule has 3 N–H and O–H groups in total. The van der Waals surface area contributed by atoms with Gasteiger partial charge in [-0.15, -0.1) is 0 Å². The Morgan fingerprint density at radius 3 is 2.78 bits per heavy atom. The number of aryl methyl sites for hydroxylation is 1. The molecular formula is C12H12N4OS. The molecule has 5 nitrogen and oxygen atoms in total. The maximum absolute atomic E-state index is 9.49. The molecule has 0 aliphatic carbocycles. The van der Waals surface area contributed by atoms with Crippen molar-refractivity contribution in [2.24, 2.45) is 4.99 Å². The maximum atomic E-state index is 9.49. The summed E-state index contributed by atoms with van der Waals surface area (Å²) in [5.74, 6) is 1.31. The van der Waals surface area contributed by atoms with Gasteiger partial charge in [-0.1, -0.05) is 29.8 Å². The standard InChI is InChI=1S/C12H12N4OS/c1-7-2-4-8(5-3-7)11-13-9-6-10(17)15-16(9)12(18)14-11/h2-6,10,15,17H,1H3,(H,13,14,18). The molecule has 0 fully saturated rings. The lowest BCUT2D eigenvalue weighted by atomic mass is 10.1. The van der Waals surface area contributed by atoms with E-state index >= 15 is 0 Å². The zero-order valence-corrected chi connectivity index (χ0v) is 10.5. The van der Waals surface area contributed by atoms with Gasteiger partial charge in [-0.05, 0) is 19.1 Å². The number of hydrogen-bond donors (Lipinski definition) is 3. The third kappa shape index (κ3) is 1.90. The predicted octanol–water partition coefficient (Wildman–Crippen LogP) is 0.610. The van der Waals surface area contributed by atoms with Crippen molar-refractivity contribution in [3.8, 4) is 0 Å². The van der Waals surface area contributed by atoms with E-state index in [-0.39, 0.29) is 0 Å². The molecule has 1 unspecified atom stereocenters. The van der Waals surface area contributed by atoms with E-state index in [1.54, 1.807) is 11.1 Å². The third-order valence-electron chi connectivity index (χ3n) is 2.78. The van der Waals surface area contributed by atoms with Crippen molar-refractivity contribution in [2.45, 2.75) is 13.2 Å². The second-order valence-electron chi connectivity index (χ2n) is 4.19. The van der Waals surface area contributed by atoms with Crippen molar-refractivity contribution in [3.05, 3.63) is 47.3 Å². The highest BCUT2D eigenvalue weighted by atomic mass is 32.1. The number of hydrazine groups is 1. The molecular weight excluding hydrogens is 248 g/mol. The van der Waals surface area contributed by atoms with Crippen LogP contribution < -0.4 is 10.7 Å². The highest BCUT2D eigenvalue weighted by Crippen LogP contribution is 2.18. The lowest BCUT2D eigenvalue weighted by Crippen LogP contribution is -2.51. The molecule has 2 heterocycles. The Kier molecular flexibility index (Phi) is 2.62. The van der Waals surface area contributed by atoms with E-state index in [2.05, 4.69) is 15.7 Å². The maximum Gasteiger partial charge on any atom is 0.195 e. The number of hydrogen-bond acceptors (Lipinski definition) is 4. The van der Waals surface area contributed by atoms with Crippen LogP contribution in [0.15, 0.2) is 41.2 Å². The molecule has 92 valence electrons. The fourth-order valence-corrected chi connectivity index (χ4v) is 2.09. The highest BCUT2D eigenvalue weighted by Gasteiger charge is 2.29. The number of rotatable bonds is 1. The van der Waals surface area contributed by atoms with Gasteiger partial charge in [0, 0.05) is 11.6 Å². The Hall–Kier alpha value is -1.76. The molecule has 6 heteroatoms. The van der Waals surface area contributed by atoms with Crippen LogP contribution in [0.2, 0.25) is 0 Å². The first kappa shape index (κ1) is 11.3. The van der Waals surface area contributed by atoms with E-state index < -0.39 is 6.23 Å². The van der Waals surface area contributed by atoms with Gasteiger partial charge in [0.25, 0.3) is 0 Å². The van der Waals surface area contributed by atoms with Gasteiger partial charge in [-0.3, -0.25) is 0 Å². The Labute approximate surface area is 110 Å². The van der Waals surface area contributed by atoms with Crippen molar-refractivity contribution in [3.63, 3.8) is 0 Å². The van der Waals surface area contributed by atoms with E-state index in [9.17, 15) is 5.11 Å². The topological polar surface area (TPSA) is 59.9 Å². The van der Waals surface area contributed by atoms with Crippen LogP contribution in [-0.2, 0) is 0 Å². The summed E-state index contributed by atoms with van der Waals surface area (Å²) in [6.07, 6.45) is 0.863. The summed E-state index contributed by atoms with van der Waals surface area (Å²) < 4.78 is 0. The van der Waals surface area contributed by atoms with E-state index in [4.69, 9.17) is 12.2 Å². The molecule has 3 rings (SSSR count). The number of amidine groups is 1. The van der Waals surface area contributed by atoms with Gasteiger partial charge in [0.05, 0.1) is 0 Å². The fourth-order valence-electron chi connectivity index (χ4n) is 1.85. The summed E-state index contributed by atoms with van der Waals surface area (Å²) in [6.45, 7) is 2.03. The number of fused-ring (bicyclic) bond motifs is 1. The smallest absolute Gasteiger partial charge is 0.195 e. The molecule has 1 atom stereocenters. The summed E-state index contributed by atoms with van der Waals surface area (Å²) in [6, 6.07) is 8.01. The van der Waals surface area contributed by atoms with Crippen molar-refractivity contribution in [2.75, 3.05) is 0 Å². The van der Waals surface area contributed by atoms with E-state index in [1.807, 2.05) is 31.2 Å². The van der Waals surface area contributed by atoms with E-state index in [0.29, 0.717) is 16.8 Å². The molecule has 1 aromatic rings. The first-order valence-electron chi connectivity index (χ1n) is 5.56. The number of aliphatic hydroxyl groups excluding tert-OH is 1. The van der Waals surface area contributed by atoms with Gasteiger partial charge < -0.3 is 10.4 Å². The largest absolute Gasteiger partial charge is 0.373 e. The van der Waals surface area contributed by atoms with E-state index in [0.717, 1.165) is 5.56 Å². The Bertz CT molecular complexity index is 564. The third-order valence-corrected chi connectivity index (χ3v) is 3.06. The Morgan fingerprint density at radius 2 is 2.06 bits per heavy atom. The lowest BCUT2D eigenvalue weighted by molar-refractivity contribution is 0.149.